The minimum absolute atomic E-state index is 0.0178. The number of sulfonamides is 1. The Hall–Kier alpha value is -2.13. The Balaban J connectivity index is 2.25. The number of nitrogens with one attached hydrogen (secondary N) is 1. The molecule has 1 aliphatic carbocycles. The van der Waals surface area contributed by atoms with Crippen LogP contribution < -0.4 is 10.1 Å². The van der Waals surface area contributed by atoms with E-state index in [-0.39, 0.29) is 22.3 Å². The maximum Gasteiger partial charge on any atom is 0.306 e. The highest BCUT2D eigenvalue weighted by Crippen LogP contribution is 2.29. The number of hydrogen-bond acceptors (Lipinski definition) is 5. The molecule has 0 aromatic heterocycles. The van der Waals surface area contributed by atoms with Gasteiger partial charge in [-0.05, 0) is 31.0 Å². The van der Waals surface area contributed by atoms with E-state index in [1.165, 1.54) is 29.6 Å². The molecular formula is C17H24N2O6S. The number of carboxylic acids is 1. The van der Waals surface area contributed by atoms with E-state index < -0.39 is 27.8 Å². The van der Waals surface area contributed by atoms with Crippen LogP contribution in [0.2, 0.25) is 0 Å². The summed E-state index contributed by atoms with van der Waals surface area (Å²) in [5.74, 6) is -1.54. The molecule has 1 aromatic carbocycles. The average molecular weight is 384 g/mol. The normalized spacial score (nSPS) is 19.7. The van der Waals surface area contributed by atoms with Gasteiger partial charge in [-0.15, -0.1) is 0 Å². The number of carboxylic acid groups (broad SMARTS) is 1. The average Bonchev–Trinajstić information content (AvgIpc) is 2.57. The molecule has 1 saturated carbocycles. The van der Waals surface area contributed by atoms with Crippen molar-refractivity contribution in [3.05, 3.63) is 23.8 Å². The van der Waals surface area contributed by atoms with Gasteiger partial charge in [0, 0.05) is 19.1 Å². The highest BCUT2D eigenvalue weighted by atomic mass is 32.2. The first-order valence-electron chi connectivity index (χ1n) is 8.46. The molecule has 0 atom stereocenters. The number of hydrogen-bond donors (Lipinski definition) is 2. The number of amides is 1. The zero-order valence-electron chi connectivity index (χ0n) is 15.1. The van der Waals surface area contributed by atoms with Gasteiger partial charge in [-0.25, -0.2) is 8.42 Å². The molecule has 8 nitrogen and oxygen atoms in total. The fourth-order valence-corrected chi connectivity index (χ4v) is 4.42. The van der Waals surface area contributed by atoms with Crippen molar-refractivity contribution >= 4 is 21.9 Å². The Morgan fingerprint density at radius 2 is 1.88 bits per heavy atom. The minimum atomic E-state index is -3.70. The molecular weight excluding hydrogens is 360 g/mol. The zero-order chi connectivity index (χ0) is 19.5. The van der Waals surface area contributed by atoms with Crippen LogP contribution in [0.3, 0.4) is 0 Å². The highest BCUT2D eigenvalue weighted by molar-refractivity contribution is 7.89. The van der Waals surface area contributed by atoms with Crippen LogP contribution in [-0.4, -0.2) is 55.9 Å². The van der Waals surface area contributed by atoms with E-state index in [4.69, 9.17) is 9.84 Å². The molecule has 144 valence electrons. The second kappa shape index (κ2) is 8.05. The van der Waals surface area contributed by atoms with Gasteiger partial charge in [-0.3, -0.25) is 9.59 Å². The van der Waals surface area contributed by atoms with Gasteiger partial charge < -0.3 is 15.2 Å². The number of ether oxygens (including phenoxy) is 1. The maximum atomic E-state index is 12.7. The third kappa shape index (κ3) is 3.99. The van der Waals surface area contributed by atoms with Crippen LogP contribution in [0, 0.1) is 5.92 Å². The Morgan fingerprint density at radius 1 is 1.27 bits per heavy atom. The molecule has 0 aliphatic heterocycles. The van der Waals surface area contributed by atoms with E-state index in [2.05, 4.69) is 5.32 Å². The second-order valence-electron chi connectivity index (χ2n) is 6.13. The molecule has 26 heavy (non-hydrogen) atoms. The number of carbonyl (C=O) groups is 2. The number of nitrogens with zero attached hydrogens (tertiary/aromatic N) is 1. The van der Waals surface area contributed by atoms with Gasteiger partial charge in [-0.1, -0.05) is 13.8 Å². The van der Waals surface area contributed by atoms with Gasteiger partial charge in [0.2, 0.25) is 10.0 Å². The molecule has 1 fully saturated rings. The van der Waals surface area contributed by atoms with Crippen molar-refractivity contribution < 1.29 is 27.9 Å². The number of carbonyl (C=O) groups excluding carboxylic acids is 1. The predicted octanol–water partition coefficient (Wildman–Crippen LogP) is 1.32. The summed E-state index contributed by atoms with van der Waals surface area (Å²) >= 11 is 0. The molecule has 0 unspecified atom stereocenters. The number of methoxy groups -OCH3 is 1. The molecule has 0 saturated heterocycles. The second-order valence-corrected chi connectivity index (χ2v) is 8.07. The molecule has 0 bridgehead atoms. The highest BCUT2D eigenvalue weighted by Gasteiger charge is 2.36. The van der Waals surface area contributed by atoms with E-state index in [9.17, 15) is 18.0 Å². The number of rotatable bonds is 8. The summed E-state index contributed by atoms with van der Waals surface area (Å²) in [7, 11) is -2.30. The third-order valence-corrected chi connectivity index (χ3v) is 6.63. The van der Waals surface area contributed by atoms with E-state index in [0.717, 1.165) is 0 Å². The topological polar surface area (TPSA) is 113 Å². The number of aliphatic carboxylic acids is 1. The van der Waals surface area contributed by atoms with E-state index in [1.807, 2.05) is 0 Å². The number of benzene rings is 1. The molecule has 0 spiro atoms. The molecule has 1 aromatic rings. The van der Waals surface area contributed by atoms with Crippen molar-refractivity contribution in [2.45, 2.75) is 37.6 Å². The molecule has 2 N–H and O–H groups in total. The summed E-state index contributed by atoms with van der Waals surface area (Å²) in [4.78, 5) is 23.4. The van der Waals surface area contributed by atoms with Crippen LogP contribution in [0.15, 0.2) is 23.1 Å². The van der Waals surface area contributed by atoms with Crippen molar-refractivity contribution in [3.8, 4) is 5.75 Å². The van der Waals surface area contributed by atoms with E-state index in [0.29, 0.717) is 25.9 Å². The summed E-state index contributed by atoms with van der Waals surface area (Å²) in [6.07, 6.45) is 0.724. The molecule has 1 amide bonds. The fraction of sp³-hybridized carbons (Fsp3) is 0.529. The molecule has 0 radical (unpaired) electrons. The van der Waals surface area contributed by atoms with Crippen molar-refractivity contribution in [2.75, 3.05) is 20.2 Å². The summed E-state index contributed by atoms with van der Waals surface area (Å²) in [5.41, 5.74) is 0.111. The van der Waals surface area contributed by atoms with Crippen molar-refractivity contribution in [2.24, 2.45) is 5.92 Å². The lowest BCUT2D eigenvalue weighted by Crippen LogP contribution is -2.46. The SMILES string of the molecule is CCN(CC)S(=O)(=O)c1ccc(OC)c(C(=O)NC2CC(C(=O)O)C2)c1. The fourth-order valence-electron chi connectivity index (χ4n) is 2.94. The molecule has 1 aliphatic rings. The summed E-state index contributed by atoms with van der Waals surface area (Å²) in [5, 5.41) is 11.6. The largest absolute Gasteiger partial charge is 0.496 e. The molecule has 2 rings (SSSR count). The zero-order valence-corrected chi connectivity index (χ0v) is 15.9. The maximum absolute atomic E-state index is 12.7. The van der Waals surface area contributed by atoms with Crippen LogP contribution in [0.5, 0.6) is 5.75 Å². The summed E-state index contributed by atoms with van der Waals surface area (Å²) in [6.45, 7) is 4.14. The van der Waals surface area contributed by atoms with Crippen molar-refractivity contribution in [1.29, 1.82) is 0 Å². The van der Waals surface area contributed by atoms with E-state index in [1.54, 1.807) is 13.8 Å². The van der Waals surface area contributed by atoms with Gasteiger partial charge in [0.05, 0.1) is 23.5 Å². The molecule has 9 heteroatoms. The summed E-state index contributed by atoms with van der Waals surface area (Å²) < 4.78 is 31.8. The standard InChI is InChI=1S/C17H24N2O6S/c1-4-19(5-2)26(23,24)13-6-7-15(25-3)14(10-13)16(20)18-12-8-11(9-12)17(21)22/h6-7,10-12H,4-5,8-9H2,1-3H3,(H,18,20)(H,21,22). The minimum Gasteiger partial charge on any atom is -0.496 e. The van der Waals surface area contributed by atoms with Crippen LogP contribution in [-0.2, 0) is 14.8 Å². The van der Waals surface area contributed by atoms with Crippen molar-refractivity contribution in [1.82, 2.24) is 9.62 Å². The van der Waals surface area contributed by atoms with Gasteiger partial charge in [0.15, 0.2) is 0 Å². The smallest absolute Gasteiger partial charge is 0.306 e. The van der Waals surface area contributed by atoms with Gasteiger partial charge >= 0.3 is 5.97 Å². The predicted molar refractivity (Wildman–Crippen MR) is 94.7 cm³/mol. The monoisotopic (exact) mass is 384 g/mol. The first kappa shape index (κ1) is 20.2. The Kier molecular flexibility index (Phi) is 6.25. The first-order chi connectivity index (χ1) is 12.2. The van der Waals surface area contributed by atoms with Gasteiger partial charge in [0.25, 0.3) is 5.91 Å². The van der Waals surface area contributed by atoms with Crippen molar-refractivity contribution in [3.63, 3.8) is 0 Å². The molecule has 0 heterocycles. The Morgan fingerprint density at radius 3 is 2.38 bits per heavy atom. The quantitative estimate of drug-likeness (QED) is 0.699. The summed E-state index contributed by atoms with van der Waals surface area (Å²) in [6, 6.07) is 3.92. The Labute approximate surface area is 153 Å². The first-order valence-corrected chi connectivity index (χ1v) is 9.90. The van der Waals surface area contributed by atoms with Crippen LogP contribution >= 0.6 is 0 Å². The third-order valence-electron chi connectivity index (χ3n) is 4.58. The lowest BCUT2D eigenvalue weighted by molar-refractivity contribution is -0.145. The van der Waals surface area contributed by atoms with Gasteiger partial charge in [-0.2, -0.15) is 4.31 Å². The lowest BCUT2D eigenvalue weighted by Gasteiger charge is -2.33. The van der Waals surface area contributed by atoms with Crippen LogP contribution in [0.25, 0.3) is 0 Å². The lowest BCUT2D eigenvalue weighted by atomic mass is 9.80. The van der Waals surface area contributed by atoms with Crippen LogP contribution in [0.4, 0.5) is 0 Å². The van der Waals surface area contributed by atoms with Gasteiger partial charge in [0.1, 0.15) is 5.75 Å². The van der Waals surface area contributed by atoms with Crippen LogP contribution in [0.1, 0.15) is 37.0 Å². The Bertz CT molecular complexity index is 782. The van der Waals surface area contributed by atoms with E-state index >= 15 is 0 Å².